The van der Waals surface area contributed by atoms with Gasteiger partial charge in [-0.15, -0.1) is 0 Å². The highest BCUT2D eigenvalue weighted by Crippen LogP contribution is 2.18. The van der Waals surface area contributed by atoms with Crippen LogP contribution in [0.5, 0.6) is 0 Å². The molecule has 0 fully saturated rings. The van der Waals surface area contributed by atoms with Gasteiger partial charge in [0, 0.05) is 12.8 Å². The minimum Gasteiger partial charge on any atom is -0.466 e. The van der Waals surface area contributed by atoms with E-state index in [0.29, 0.717) is 25.9 Å². The lowest BCUT2D eigenvalue weighted by molar-refractivity contribution is -0.143. The van der Waals surface area contributed by atoms with E-state index >= 15 is 0 Å². The highest BCUT2D eigenvalue weighted by Gasteiger charge is 2.20. The van der Waals surface area contributed by atoms with E-state index in [1.54, 1.807) is 0 Å². The van der Waals surface area contributed by atoms with Crippen molar-refractivity contribution in [3.05, 3.63) is 0 Å². The van der Waals surface area contributed by atoms with Crippen molar-refractivity contribution < 1.29 is 24.5 Å². The Morgan fingerprint density at radius 1 is 0.393 bits per heavy atom. The first-order valence-corrected chi connectivity index (χ1v) is 27.8. The Morgan fingerprint density at radius 3 is 1.00 bits per heavy atom. The molecule has 61 heavy (non-hydrogen) atoms. The van der Waals surface area contributed by atoms with Crippen LogP contribution in [0, 0.1) is 0 Å². The van der Waals surface area contributed by atoms with Crippen molar-refractivity contribution in [2.24, 2.45) is 0 Å². The average molecular weight is 864 g/mol. The number of carbonyl (C=O) groups is 2. The van der Waals surface area contributed by atoms with Crippen molar-refractivity contribution >= 4 is 11.9 Å². The van der Waals surface area contributed by atoms with Crippen LogP contribution in [0.2, 0.25) is 0 Å². The molecular weight excluding hydrogens is 755 g/mol. The second-order valence-electron chi connectivity index (χ2n) is 19.3. The Labute approximate surface area is 381 Å². The summed E-state index contributed by atoms with van der Waals surface area (Å²) in [6, 6.07) is -0.551. The molecule has 0 aliphatic carbocycles. The molecule has 0 aliphatic heterocycles. The number of aliphatic hydroxyl groups excluding tert-OH is 2. The van der Waals surface area contributed by atoms with E-state index in [1.165, 1.54) is 225 Å². The molecule has 0 saturated carbocycles. The summed E-state index contributed by atoms with van der Waals surface area (Å²) in [6.45, 7) is 4.94. The van der Waals surface area contributed by atoms with Gasteiger partial charge < -0.3 is 20.3 Å². The van der Waals surface area contributed by atoms with Crippen LogP contribution >= 0.6 is 0 Å². The number of carbonyl (C=O) groups excluding carboxylic acids is 2. The zero-order chi connectivity index (χ0) is 44.4. The van der Waals surface area contributed by atoms with Gasteiger partial charge in [0.25, 0.3) is 0 Å². The number of hydrogen-bond donors (Lipinski definition) is 3. The van der Waals surface area contributed by atoms with E-state index in [2.05, 4.69) is 19.2 Å². The molecule has 0 aromatic heterocycles. The van der Waals surface area contributed by atoms with Crippen LogP contribution in [0.1, 0.15) is 316 Å². The molecule has 0 heterocycles. The SMILES string of the molecule is CCCCCCCCCCCCCCCCCCCC(=O)OCCCCCCCCCCCCCCC(=O)NC(CO)C(O)CCCCCCCCCCCCCCCCC. The van der Waals surface area contributed by atoms with Gasteiger partial charge in [-0.25, -0.2) is 0 Å². The Balaban J connectivity index is 3.42. The number of unbranched alkanes of at least 4 members (excludes halogenated alkanes) is 41. The molecule has 0 rings (SSSR count). The highest BCUT2D eigenvalue weighted by atomic mass is 16.5. The van der Waals surface area contributed by atoms with E-state index < -0.39 is 12.1 Å². The summed E-state index contributed by atoms with van der Waals surface area (Å²) in [6.07, 6.45) is 57.9. The molecule has 0 spiro atoms. The minimum atomic E-state index is -0.672. The molecule has 0 saturated heterocycles. The van der Waals surface area contributed by atoms with E-state index in [1.807, 2.05) is 0 Å². The third-order valence-electron chi connectivity index (χ3n) is 13.2. The molecule has 0 aromatic carbocycles. The maximum Gasteiger partial charge on any atom is 0.305 e. The van der Waals surface area contributed by atoms with Crippen molar-refractivity contribution in [1.82, 2.24) is 5.32 Å². The predicted molar refractivity (Wildman–Crippen MR) is 264 cm³/mol. The van der Waals surface area contributed by atoms with Crippen LogP contribution in [0.25, 0.3) is 0 Å². The fourth-order valence-corrected chi connectivity index (χ4v) is 8.88. The zero-order valence-electron chi connectivity index (χ0n) is 41.4. The third-order valence-corrected chi connectivity index (χ3v) is 13.2. The summed E-state index contributed by atoms with van der Waals surface area (Å²) in [5.74, 6) is -0.0520. The van der Waals surface area contributed by atoms with Crippen LogP contribution < -0.4 is 5.32 Å². The molecule has 0 aliphatic rings. The number of aliphatic hydroxyl groups is 2. The highest BCUT2D eigenvalue weighted by molar-refractivity contribution is 5.76. The van der Waals surface area contributed by atoms with Gasteiger partial charge in [-0.05, 0) is 25.7 Å². The zero-order valence-corrected chi connectivity index (χ0v) is 41.4. The van der Waals surface area contributed by atoms with Crippen molar-refractivity contribution in [3.63, 3.8) is 0 Å². The van der Waals surface area contributed by atoms with Crippen molar-refractivity contribution in [1.29, 1.82) is 0 Å². The number of rotatable bonds is 52. The average Bonchev–Trinajstić information content (AvgIpc) is 3.26. The standard InChI is InChI=1S/C55H109NO5/c1-3-5-7-9-11-13-15-17-19-20-22-24-29-33-37-41-45-49-55(60)61-50-46-42-38-34-30-26-25-28-32-36-40-44-48-54(59)56-52(51-57)53(58)47-43-39-35-31-27-23-21-18-16-14-12-10-8-6-4-2/h52-53,57-58H,3-51H2,1-2H3,(H,56,59). The topological polar surface area (TPSA) is 95.9 Å². The van der Waals surface area contributed by atoms with Gasteiger partial charge in [-0.2, -0.15) is 0 Å². The quantitative estimate of drug-likeness (QED) is 0.0418. The van der Waals surface area contributed by atoms with E-state index in [4.69, 9.17) is 4.74 Å². The molecule has 6 heteroatoms. The molecular formula is C55H109NO5. The third kappa shape index (κ3) is 48.2. The predicted octanol–water partition coefficient (Wildman–Crippen LogP) is 16.7. The monoisotopic (exact) mass is 864 g/mol. The molecule has 0 bridgehead atoms. The Kier molecular flexibility index (Phi) is 50.5. The molecule has 0 radical (unpaired) electrons. The first-order valence-electron chi connectivity index (χ1n) is 27.8. The second-order valence-corrected chi connectivity index (χ2v) is 19.3. The van der Waals surface area contributed by atoms with Gasteiger partial charge in [0.05, 0.1) is 25.4 Å². The number of esters is 1. The maximum atomic E-state index is 12.5. The summed E-state index contributed by atoms with van der Waals surface area (Å²) in [5, 5.41) is 23.2. The van der Waals surface area contributed by atoms with Crippen molar-refractivity contribution in [2.45, 2.75) is 328 Å². The van der Waals surface area contributed by atoms with Crippen LogP contribution in [-0.2, 0) is 14.3 Å². The maximum absolute atomic E-state index is 12.5. The van der Waals surface area contributed by atoms with Crippen molar-refractivity contribution in [2.75, 3.05) is 13.2 Å². The smallest absolute Gasteiger partial charge is 0.305 e. The number of hydrogen-bond acceptors (Lipinski definition) is 5. The summed E-state index contributed by atoms with van der Waals surface area (Å²) in [5.41, 5.74) is 0. The fraction of sp³-hybridized carbons (Fsp3) is 0.964. The van der Waals surface area contributed by atoms with Gasteiger partial charge in [0.1, 0.15) is 0 Å². The Morgan fingerprint density at radius 2 is 0.672 bits per heavy atom. The van der Waals surface area contributed by atoms with Crippen LogP contribution in [0.4, 0.5) is 0 Å². The number of amides is 1. The van der Waals surface area contributed by atoms with Crippen molar-refractivity contribution in [3.8, 4) is 0 Å². The lowest BCUT2D eigenvalue weighted by Gasteiger charge is -2.22. The van der Waals surface area contributed by atoms with Gasteiger partial charge in [-0.3, -0.25) is 9.59 Å². The van der Waals surface area contributed by atoms with Crippen LogP contribution in [-0.4, -0.2) is 47.4 Å². The van der Waals surface area contributed by atoms with E-state index in [0.717, 1.165) is 57.8 Å². The van der Waals surface area contributed by atoms with Gasteiger partial charge in [0.15, 0.2) is 0 Å². The first kappa shape index (κ1) is 59.9. The molecule has 6 nitrogen and oxygen atoms in total. The lowest BCUT2D eigenvalue weighted by atomic mass is 10.0. The Hall–Kier alpha value is -1.14. The lowest BCUT2D eigenvalue weighted by Crippen LogP contribution is -2.45. The molecule has 3 N–H and O–H groups in total. The summed E-state index contributed by atoms with van der Waals surface area (Å²) < 4.78 is 5.48. The molecule has 364 valence electrons. The number of nitrogens with one attached hydrogen (secondary N) is 1. The molecule has 2 unspecified atom stereocenters. The largest absolute Gasteiger partial charge is 0.466 e. The van der Waals surface area contributed by atoms with E-state index in [-0.39, 0.29) is 18.5 Å². The summed E-state index contributed by atoms with van der Waals surface area (Å²) >= 11 is 0. The molecule has 0 aromatic rings. The fourth-order valence-electron chi connectivity index (χ4n) is 8.88. The first-order chi connectivity index (χ1) is 30.0. The molecule has 1 amide bonds. The van der Waals surface area contributed by atoms with Crippen LogP contribution in [0.15, 0.2) is 0 Å². The Bertz CT molecular complexity index is 867. The summed E-state index contributed by atoms with van der Waals surface area (Å²) in [7, 11) is 0. The van der Waals surface area contributed by atoms with Gasteiger partial charge in [-0.1, -0.05) is 277 Å². The second kappa shape index (κ2) is 51.5. The molecule has 2 atom stereocenters. The van der Waals surface area contributed by atoms with Crippen LogP contribution in [0.3, 0.4) is 0 Å². The van der Waals surface area contributed by atoms with Gasteiger partial charge in [0.2, 0.25) is 5.91 Å². The minimum absolute atomic E-state index is 0.00436. The number of ether oxygens (including phenoxy) is 1. The van der Waals surface area contributed by atoms with E-state index in [9.17, 15) is 19.8 Å². The normalized spacial score (nSPS) is 12.5. The summed E-state index contributed by atoms with van der Waals surface area (Å²) in [4.78, 5) is 24.5. The van der Waals surface area contributed by atoms with Gasteiger partial charge >= 0.3 is 5.97 Å².